The Morgan fingerprint density at radius 1 is 1.19 bits per heavy atom. The molecule has 1 fully saturated rings. The highest BCUT2D eigenvalue weighted by Gasteiger charge is 2.27. The van der Waals surface area contributed by atoms with Crippen LogP contribution in [0.2, 0.25) is 0 Å². The monoisotopic (exact) mass is 437 g/mol. The number of aromatic nitrogens is 1. The molecule has 1 aliphatic rings. The van der Waals surface area contributed by atoms with E-state index in [0.717, 1.165) is 23.6 Å². The van der Waals surface area contributed by atoms with Crippen molar-refractivity contribution in [3.8, 4) is 11.5 Å². The molecule has 0 aliphatic carbocycles. The summed E-state index contributed by atoms with van der Waals surface area (Å²) in [6.07, 6.45) is 1.67. The SMILES string of the molecule is C=CCOc1ccc(C(=O)N2CCN([C@H](C)c3nc4ccccc4s3)CC2)cc1OC. The van der Waals surface area contributed by atoms with Crippen molar-refractivity contribution in [1.82, 2.24) is 14.8 Å². The molecule has 1 atom stereocenters. The quantitative estimate of drug-likeness (QED) is 0.513. The maximum Gasteiger partial charge on any atom is 0.254 e. The van der Waals surface area contributed by atoms with Gasteiger partial charge in [0.15, 0.2) is 11.5 Å². The van der Waals surface area contributed by atoms with E-state index in [1.807, 2.05) is 17.0 Å². The number of carbonyl (C=O) groups is 1. The van der Waals surface area contributed by atoms with Gasteiger partial charge >= 0.3 is 0 Å². The lowest BCUT2D eigenvalue weighted by Crippen LogP contribution is -2.49. The summed E-state index contributed by atoms with van der Waals surface area (Å²) in [5.41, 5.74) is 1.66. The molecule has 0 spiro atoms. The van der Waals surface area contributed by atoms with E-state index < -0.39 is 0 Å². The van der Waals surface area contributed by atoms with Crippen LogP contribution in [0.3, 0.4) is 0 Å². The Balaban J connectivity index is 1.40. The van der Waals surface area contributed by atoms with Gasteiger partial charge in [0.2, 0.25) is 0 Å². The highest BCUT2D eigenvalue weighted by atomic mass is 32.1. The van der Waals surface area contributed by atoms with Gasteiger partial charge in [-0.1, -0.05) is 24.8 Å². The van der Waals surface area contributed by atoms with Crippen molar-refractivity contribution in [1.29, 1.82) is 0 Å². The fourth-order valence-electron chi connectivity index (χ4n) is 3.79. The van der Waals surface area contributed by atoms with E-state index in [9.17, 15) is 4.79 Å². The maximum absolute atomic E-state index is 13.0. The largest absolute Gasteiger partial charge is 0.493 e. The first-order chi connectivity index (χ1) is 15.1. The van der Waals surface area contributed by atoms with Gasteiger partial charge in [0, 0.05) is 31.7 Å². The van der Waals surface area contributed by atoms with Crippen LogP contribution >= 0.6 is 11.3 Å². The number of thiazole rings is 1. The zero-order chi connectivity index (χ0) is 21.8. The molecule has 1 aromatic heterocycles. The number of carbonyl (C=O) groups excluding carboxylic acids is 1. The Morgan fingerprint density at radius 3 is 2.68 bits per heavy atom. The fraction of sp³-hybridized carbons (Fsp3) is 0.333. The summed E-state index contributed by atoms with van der Waals surface area (Å²) in [7, 11) is 1.58. The fourth-order valence-corrected chi connectivity index (χ4v) is 4.84. The summed E-state index contributed by atoms with van der Waals surface area (Å²) in [4.78, 5) is 22.1. The smallest absolute Gasteiger partial charge is 0.254 e. The average molecular weight is 438 g/mol. The third-order valence-electron chi connectivity index (χ3n) is 5.58. The molecule has 7 heteroatoms. The summed E-state index contributed by atoms with van der Waals surface area (Å²) >= 11 is 1.75. The third kappa shape index (κ3) is 4.57. The number of hydrogen-bond acceptors (Lipinski definition) is 6. The number of methoxy groups -OCH3 is 1. The van der Waals surface area contributed by atoms with E-state index in [1.165, 1.54) is 4.70 Å². The van der Waals surface area contributed by atoms with Crippen LogP contribution in [0.1, 0.15) is 28.3 Å². The van der Waals surface area contributed by atoms with Gasteiger partial charge in [-0.05, 0) is 37.3 Å². The van der Waals surface area contributed by atoms with E-state index in [4.69, 9.17) is 14.5 Å². The van der Waals surface area contributed by atoms with E-state index in [0.29, 0.717) is 36.8 Å². The molecule has 2 heterocycles. The number of benzene rings is 2. The molecule has 1 aliphatic heterocycles. The van der Waals surface area contributed by atoms with Gasteiger partial charge < -0.3 is 14.4 Å². The maximum atomic E-state index is 13.0. The molecular weight excluding hydrogens is 410 g/mol. The number of nitrogens with zero attached hydrogens (tertiary/aromatic N) is 3. The zero-order valence-electron chi connectivity index (χ0n) is 17.9. The van der Waals surface area contributed by atoms with Gasteiger partial charge in [-0.2, -0.15) is 0 Å². The van der Waals surface area contributed by atoms with Crippen LogP contribution in [0.5, 0.6) is 11.5 Å². The number of para-hydroxylation sites is 1. The third-order valence-corrected chi connectivity index (χ3v) is 6.79. The number of hydrogen-bond donors (Lipinski definition) is 0. The van der Waals surface area contributed by atoms with Crippen LogP contribution in [0.25, 0.3) is 10.2 Å². The first kappa shape index (κ1) is 21.3. The summed E-state index contributed by atoms with van der Waals surface area (Å²) in [6.45, 7) is 9.25. The number of piperazine rings is 1. The summed E-state index contributed by atoms with van der Waals surface area (Å²) in [5.74, 6) is 1.17. The summed E-state index contributed by atoms with van der Waals surface area (Å²) in [6, 6.07) is 13.8. The Kier molecular flexibility index (Phi) is 6.53. The Hall–Kier alpha value is -2.90. The second-order valence-electron chi connectivity index (χ2n) is 7.49. The lowest BCUT2D eigenvalue weighted by atomic mass is 10.1. The van der Waals surface area contributed by atoms with Gasteiger partial charge in [0.1, 0.15) is 11.6 Å². The van der Waals surface area contributed by atoms with Crippen molar-refractivity contribution in [3.63, 3.8) is 0 Å². The van der Waals surface area contributed by atoms with E-state index in [1.54, 1.807) is 42.7 Å². The molecule has 0 saturated carbocycles. The van der Waals surface area contributed by atoms with Crippen molar-refractivity contribution >= 4 is 27.5 Å². The predicted molar refractivity (Wildman–Crippen MR) is 124 cm³/mol. The lowest BCUT2D eigenvalue weighted by molar-refractivity contribution is 0.0581. The predicted octanol–water partition coefficient (Wildman–Crippen LogP) is 4.39. The molecule has 1 saturated heterocycles. The first-order valence-electron chi connectivity index (χ1n) is 10.4. The molecule has 0 unspecified atom stereocenters. The van der Waals surface area contributed by atoms with Gasteiger partial charge in [-0.15, -0.1) is 11.3 Å². The van der Waals surface area contributed by atoms with Crippen LogP contribution in [0, 0.1) is 0 Å². The van der Waals surface area contributed by atoms with Crippen LogP contribution in [-0.4, -0.2) is 60.6 Å². The molecule has 1 amide bonds. The van der Waals surface area contributed by atoms with Crippen LogP contribution in [0.4, 0.5) is 0 Å². The van der Waals surface area contributed by atoms with Crippen LogP contribution in [0.15, 0.2) is 55.1 Å². The average Bonchev–Trinajstić information content (AvgIpc) is 3.26. The van der Waals surface area contributed by atoms with Gasteiger partial charge in [0.05, 0.1) is 23.4 Å². The minimum absolute atomic E-state index is 0.0147. The molecular formula is C24H27N3O3S. The lowest BCUT2D eigenvalue weighted by Gasteiger charge is -2.37. The standard InChI is InChI=1S/C24H27N3O3S/c1-4-15-30-20-10-9-18(16-21(20)29-3)24(28)27-13-11-26(12-14-27)17(2)23-25-19-7-5-6-8-22(19)31-23/h4-10,16-17H,1,11-15H2,2-3H3/t17-/m1/s1. The zero-order valence-corrected chi connectivity index (χ0v) is 18.7. The summed E-state index contributed by atoms with van der Waals surface area (Å²) < 4.78 is 12.2. The van der Waals surface area contributed by atoms with Gasteiger partial charge in [0.25, 0.3) is 5.91 Å². The first-order valence-corrected chi connectivity index (χ1v) is 11.2. The summed E-state index contributed by atoms with van der Waals surface area (Å²) in [5, 5.41) is 1.13. The van der Waals surface area contributed by atoms with E-state index >= 15 is 0 Å². The number of ether oxygens (including phenoxy) is 2. The minimum atomic E-state index is 0.0147. The molecule has 0 bridgehead atoms. The van der Waals surface area contributed by atoms with Crippen molar-refractivity contribution in [2.75, 3.05) is 39.9 Å². The van der Waals surface area contributed by atoms with Crippen molar-refractivity contribution in [2.24, 2.45) is 0 Å². The molecule has 3 aromatic rings. The van der Waals surface area contributed by atoms with Crippen molar-refractivity contribution in [3.05, 3.63) is 65.7 Å². The van der Waals surface area contributed by atoms with Crippen molar-refractivity contribution in [2.45, 2.75) is 13.0 Å². The van der Waals surface area contributed by atoms with E-state index in [2.05, 4.69) is 30.5 Å². The number of fused-ring (bicyclic) bond motifs is 1. The molecule has 2 aromatic carbocycles. The molecule has 0 radical (unpaired) electrons. The highest BCUT2D eigenvalue weighted by molar-refractivity contribution is 7.18. The second-order valence-corrected chi connectivity index (χ2v) is 8.55. The molecule has 4 rings (SSSR count). The van der Waals surface area contributed by atoms with Gasteiger partial charge in [-0.25, -0.2) is 4.98 Å². The molecule has 31 heavy (non-hydrogen) atoms. The topological polar surface area (TPSA) is 54.9 Å². The number of rotatable bonds is 7. The van der Waals surface area contributed by atoms with E-state index in [-0.39, 0.29) is 11.9 Å². The highest BCUT2D eigenvalue weighted by Crippen LogP contribution is 2.31. The molecule has 0 N–H and O–H groups in total. The minimum Gasteiger partial charge on any atom is -0.493 e. The Morgan fingerprint density at radius 2 is 1.97 bits per heavy atom. The van der Waals surface area contributed by atoms with Crippen molar-refractivity contribution < 1.29 is 14.3 Å². The van der Waals surface area contributed by atoms with Crippen LogP contribution < -0.4 is 9.47 Å². The molecule has 6 nitrogen and oxygen atoms in total. The van der Waals surface area contributed by atoms with Crippen LogP contribution in [-0.2, 0) is 0 Å². The van der Waals surface area contributed by atoms with Gasteiger partial charge in [-0.3, -0.25) is 9.69 Å². The Labute approximate surface area is 186 Å². The molecule has 162 valence electrons. The Bertz CT molecular complexity index is 1040. The number of amides is 1. The second kappa shape index (κ2) is 9.49. The normalized spacial score (nSPS) is 15.6.